The summed E-state index contributed by atoms with van der Waals surface area (Å²) in [5.74, 6) is -0.136. The van der Waals surface area contributed by atoms with E-state index in [1.54, 1.807) is 12.1 Å². The van der Waals surface area contributed by atoms with Crippen molar-refractivity contribution in [3.8, 4) is 0 Å². The molecule has 1 aliphatic carbocycles. The molecule has 1 fully saturated rings. The van der Waals surface area contributed by atoms with Crippen LogP contribution in [0.15, 0.2) is 18.2 Å². The van der Waals surface area contributed by atoms with Crippen LogP contribution in [0.2, 0.25) is 0 Å². The number of rotatable bonds is 4. The zero-order chi connectivity index (χ0) is 13.2. The van der Waals surface area contributed by atoms with Crippen LogP contribution in [0.4, 0.5) is 4.39 Å². The number of hydrogen-bond acceptors (Lipinski definition) is 1. The predicted octanol–water partition coefficient (Wildman–Crippen LogP) is 4.37. The van der Waals surface area contributed by atoms with Crippen molar-refractivity contribution in [2.75, 3.05) is 6.54 Å². The second kappa shape index (κ2) is 5.40. The molecule has 1 aromatic rings. The van der Waals surface area contributed by atoms with E-state index in [4.69, 9.17) is 0 Å². The summed E-state index contributed by atoms with van der Waals surface area (Å²) >= 11 is 0. The highest BCUT2D eigenvalue weighted by atomic mass is 19.1. The minimum atomic E-state index is -0.136. The molecule has 0 heterocycles. The number of nitrogens with one attached hydrogen (secondary N) is 1. The summed E-state index contributed by atoms with van der Waals surface area (Å²) in [4.78, 5) is 0. The van der Waals surface area contributed by atoms with Crippen molar-refractivity contribution in [1.29, 1.82) is 0 Å². The molecule has 18 heavy (non-hydrogen) atoms. The average Bonchev–Trinajstić information content (AvgIpc) is 2.75. The Balaban J connectivity index is 2.34. The lowest BCUT2D eigenvalue weighted by molar-refractivity contribution is 0.225. The van der Waals surface area contributed by atoms with Gasteiger partial charge in [-0.2, -0.15) is 0 Å². The molecule has 1 N–H and O–H groups in total. The van der Waals surface area contributed by atoms with Gasteiger partial charge in [-0.3, -0.25) is 0 Å². The Hall–Kier alpha value is -0.890. The molecule has 0 bridgehead atoms. The van der Waals surface area contributed by atoms with Crippen molar-refractivity contribution < 1.29 is 4.39 Å². The van der Waals surface area contributed by atoms with Gasteiger partial charge >= 0.3 is 0 Å². The minimum Gasteiger partial charge on any atom is -0.310 e. The highest BCUT2D eigenvalue weighted by Crippen LogP contribution is 2.47. The fourth-order valence-electron chi connectivity index (χ4n) is 3.37. The zero-order valence-corrected chi connectivity index (χ0v) is 11.7. The maximum atomic E-state index is 13.2. The van der Waals surface area contributed by atoms with E-state index in [0.29, 0.717) is 11.5 Å². The molecule has 1 saturated carbocycles. The van der Waals surface area contributed by atoms with E-state index in [1.165, 1.54) is 31.2 Å². The van der Waals surface area contributed by atoms with Crippen LogP contribution >= 0.6 is 0 Å². The molecule has 0 radical (unpaired) electrons. The van der Waals surface area contributed by atoms with Gasteiger partial charge in [0.2, 0.25) is 0 Å². The first-order valence-corrected chi connectivity index (χ1v) is 7.06. The molecule has 0 aliphatic heterocycles. The third-order valence-corrected chi connectivity index (χ3v) is 4.39. The van der Waals surface area contributed by atoms with Crippen molar-refractivity contribution >= 4 is 0 Å². The van der Waals surface area contributed by atoms with Crippen LogP contribution in [0.1, 0.15) is 56.7 Å². The number of halogens is 1. The van der Waals surface area contributed by atoms with Crippen LogP contribution in [0.25, 0.3) is 0 Å². The van der Waals surface area contributed by atoms with Gasteiger partial charge in [-0.25, -0.2) is 4.39 Å². The van der Waals surface area contributed by atoms with Crippen molar-refractivity contribution in [1.82, 2.24) is 5.32 Å². The maximum absolute atomic E-state index is 13.2. The van der Waals surface area contributed by atoms with Gasteiger partial charge in [0, 0.05) is 6.04 Å². The molecule has 100 valence electrons. The Morgan fingerprint density at radius 3 is 2.56 bits per heavy atom. The highest BCUT2D eigenvalue weighted by Gasteiger charge is 2.37. The third kappa shape index (κ3) is 2.59. The first kappa shape index (κ1) is 13.5. The second-order valence-electron chi connectivity index (χ2n) is 5.85. The molecule has 1 aliphatic rings. The van der Waals surface area contributed by atoms with E-state index >= 15 is 0 Å². The quantitative estimate of drug-likeness (QED) is 0.835. The Bertz CT molecular complexity index is 408. The fourth-order valence-corrected chi connectivity index (χ4v) is 3.37. The normalized spacial score (nSPS) is 20.0. The second-order valence-corrected chi connectivity index (χ2v) is 5.85. The topological polar surface area (TPSA) is 12.0 Å². The Morgan fingerprint density at radius 1 is 1.33 bits per heavy atom. The molecule has 0 amide bonds. The lowest BCUT2D eigenvalue weighted by Crippen LogP contribution is -2.35. The smallest absolute Gasteiger partial charge is 0.123 e. The summed E-state index contributed by atoms with van der Waals surface area (Å²) in [6.45, 7) is 7.48. The summed E-state index contributed by atoms with van der Waals surface area (Å²) < 4.78 is 13.2. The molecule has 0 spiro atoms. The number of aryl methyl sites for hydroxylation is 1. The molecule has 1 aromatic carbocycles. The van der Waals surface area contributed by atoms with Crippen LogP contribution in [-0.2, 0) is 0 Å². The maximum Gasteiger partial charge on any atom is 0.123 e. The van der Waals surface area contributed by atoms with Gasteiger partial charge < -0.3 is 5.32 Å². The van der Waals surface area contributed by atoms with Crippen molar-refractivity contribution in [2.45, 2.75) is 52.5 Å². The predicted molar refractivity (Wildman–Crippen MR) is 74.1 cm³/mol. The standard InChI is InChI=1S/C16H24FN/c1-4-18-15(16(3)9-5-6-10-16)14-8-7-13(17)11-12(14)2/h7-8,11,15,18H,4-6,9-10H2,1-3H3. The van der Waals surface area contributed by atoms with Crippen LogP contribution in [0.3, 0.4) is 0 Å². The van der Waals surface area contributed by atoms with E-state index < -0.39 is 0 Å². The van der Waals surface area contributed by atoms with Crippen LogP contribution in [0, 0.1) is 18.2 Å². The van der Waals surface area contributed by atoms with Gasteiger partial charge in [0.05, 0.1) is 0 Å². The Kier molecular flexibility index (Phi) is 4.06. The van der Waals surface area contributed by atoms with Crippen LogP contribution < -0.4 is 5.32 Å². The largest absolute Gasteiger partial charge is 0.310 e. The van der Waals surface area contributed by atoms with Crippen LogP contribution in [-0.4, -0.2) is 6.54 Å². The molecule has 0 aromatic heterocycles. The highest BCUT2D eigenvalue weighted by molar-refractivity contribution is 5.31. The molecule has 2 rings (SSSR count). The van der Waals surface area contributed by atoms with Gasteiger partial charge in [0.1, 0.15) is 5.82 Å². The molecular weight excluding hydrogens is 225 g/mol. The summed E-state index contributed by atoms with van der Waals surface area (Å²) in [5, 5.41) is 3.62. The Morgan fingerprint density at radius 2 is 2.00 bits per heavy atom. The monoisotopic (exact) mass is 249 g/mol. The fraction of sp³-hybridized carbons (Fsp3) is 0.625. The van der Waals surface area contributed by atoms with E-state index in [1.807, 2.05) is 13.0 Å². The molecule has 1 unspecified atom stereocenters. The minimum absolute atomic E-state index is 0.136. The van der Waals surface area contributed by atoms with Crippen molar-refractivity contribution in [3.63, 3.8) is 0 Å². The molecule has 0 saturated heterocycles. The molecule has 1 atom stereocenters. The zero-order valence-electron chi connectivity index (χ0n) is 11.7. The lowest BCUT2D eigenvalue weighted by atomic mass is 9.76. The first-order chi connectivity index (χ1) is 8.57. The van der Waals surface area contributed by atoms with E-state index in [2.05, 4.69) is 19.2 Å². The van der Waals surface area contributed by atoms with E-state index in [9.17, 15) is 4.39 Å². The number of hydrogen-bond donors (Lipinski definition) is 1. The van der Waals surface area contributed by atoms with Gasteiger partial charge in [-0.05, 0) is 55.0 Å². The van der Waals surface area contributed by atoms with E-state index in [-0.39, 0.29) is 5.82 Å². The Labute approximate surface area is 110 Å². The molecule has 2 heteroatoms. The average molecular weight is 249 g/mol. The van der Waals surface area contributed by atoms with Gasteiger partial charge in [0.25, 0.3) is 0 Å². The summed E-state index contributed by atoms with van der Waals surface area (Å²) in [7, 11) is 0. The first-order valence-electron chi connectivity index (χ1n) is 7.06. The van der Waals surface area contributed by atoms with E-state index in [0.717, 1.165) is 12.1 Å². The summed E-state index contributed by atoms with van der Waals surface area (Å²) in [6.07, 6.45) is 5.17. The summed E-state index contributed by atoms with van der Waals surface area (Å²) in [5.41, 5.74) is 2.65. The molecular formula is C16H24FN. The third-order valence-electron chi connectivity index (χ3n) is 4.39. The van der Waals surface area contributed by atoms with Crippen molar-refractivity contribution in [2.24, 2.45) is 5.41 Å². The van der Waals surface area contributed by atoms with Gasteiger partial charge in [-0.1, -0.05) is 32.8 Å². The molecule has 1 nitrogen and oxygen atoms in total. The van der Waals surface area contributed by atoms with Crippen LogP contribution in [0.5, 0.6) is 0 Å². The SMILES string of the molecule is CCNC(c1ccc(F)cc1C)C1(C)CCCC1. The van der Waals surface area contributed by atoms with Gasteiger partial charge in [-0.15, -0.1) is 0 Å². The number of benzene rings is 1. The van der Waals surface area contributed by atoms with Crippen molar-refractivity contribution in [3.05, 3.63) is 35.1 Å². The lowest BCUT2D eigenvalue weighted by Gasteiger charge is -2.36. The summed E-state index contributed by atoms with van der Waals surface area (Å²) in [6, 6.07) is 5.55. The van der Waals surface area contributed by atoms with Gasteiger partial charge in [0.15, 0.2) is 0 Å².